The summed E-state index contributed by atoms with van der Waals surface area (Å²) < 4.78 is 0. The Labute approximate surface area is 154 Å². The lowest BCUT2D eigenvalue weighted by Gasteiger charge is -2.27. The number of amides is 2. The summed E-state index contributed by atoms with van der Waals surface area (Å²) in [6.07, 6.45) is -0.715. The number of carboxylic acid groups (broad SMARTS) is 2. The van der Waals surface area contributed by atoms with Gasteiger partial charge >= 0.3 is 11.9 Å². The maximum absolute atomic E-state index is 12.1. The lowest BCUT2D eigenvalue weighted by atomic mass is 9.92. The van der Waals surface area contributed by atoms with Gasteiger partial charge < -0.3 is 31.1 Å². The SMILES string of the molecule is CC(=O)NC(CCC(=O)N[C@@](C)(Cc1ccc(O)c(O)c1)C(=O)O)C(=O)O. The van der Waals surface area contributed by atoms with Crippen LogP contribution in [0.1, 0.15) is 32.3 Å². The highest BCUT2D eigenvalue weighted by molar-refractivity contribution is 5.88. The van der Waals surface area contributed by atoms with E-state index in [1.165, 1.54) is 25.1 Å². The zero-order valence-corrected chi connectivity index (χ0v) is 14.9. The summed E-state index contributed by atoms with van der Waals surface area (Å²) in [6.45, 7) is 2.41. The van der Waals surface area contributed by atoms with E-state index < -0.39 is 41.1 Å². The average molecular weight is 382 g/mol. The Morgan fingerprint density at radius 2 is 1.74 bits per heavy atom. The van der Waals surface area contributed by atoms with E-state index in [9.17, 15) is 34.5 Å². The van der Waals surface area contributed by atoms with Gasteiger partial charge in [0.15, 0.2) is 11.5 Å². The van der Waals surface area contributed by atoms with Gasteiger partial charge in [0.05, 0.1) is 0 Å². The van der Waals surface area contributed by atoms with E-state index in [1.807, 2.05) is 0 Å². The number of phenols is 2. The molecule has 1 unspecified atom stereocenters. The Morgan fingerprint density at radius 3 is 2.22 bits per heavy atom. The van der Waals surface area contributed by atoms with Gasteiger partial charge in [0.1, 0.15) is 11.6 Å². The van der Waals surface area contributed by atoms with Crippen molar-refractivity contribution in [2.24, 2.45) is 0 Å². The summed E-state index contributed by atoms with van der Waals surface area (Å²) in [5.74, 6) is -4.70. The highest BCUT2D eigenvalue weighted by atomic mass is 16.4. The number of hydrogen-bond donors (Lipinski definition) is 6. The molecule has 2 atom stereocenters. The number of benzene rings is 1. The summed E-state index contributed by atoms with van der Waals surface area (Å²) in [5.41, 5.74) is -1.37. The number of hydrogen-bond acceptors (Lipinski definition) is 6. The molecule has 27 heavy (non-hydrogen) atoms. The van der Waals surface area contributed by atoms with Crippen LogP contribution in [-0.4, -0.2) is 55.8 Å². The third-order valence-corrected chi connectivity index (χ3v) is 3.82. The van der Waals surface area contributed by atoms with E-state index in [1.54, 1.807) is 0 Å². The molecule has 0 heterocycles. The largest absolute Gasteiger partial charge is 0.504 e. The van der Waals surface area contributed by atoms with Gasteiger partial charge in [-0.2, -0.15) is 0 Å². The number of rotatable bonds is 9. The number of carbonyl (C=O) groups excluding carboxylic acids is 2. The first-order valence-electron chi connectivity index (χ1n) is 8.00. The van der Waals surface area contributed by atoms with Crippen LogP contribution in [0.25, 0.3) is 0 Å². The molecule has 10 nitrogen and oxygen atoms in total. The van der Waals surface area contributed by atoms with Crippen molar-refractivity contribution in [3.8, 4) is 11.5 Å². The minimum atomic E-state index is -1.73. The Hall–Kier alpha value is -3.30. The second-order valence-electron chi connectivity index (χ2n) is 6.32. The maximum atomic E-state index is 12.1. The van der Waals surface area contributed by atoms with Crippen LogP contribution in [0.4, 0.5) is 0 Å². The van der Waals surface area contributed by atoms with Crippen LogP contribution >= 0.6 is 0 Å². The molecule has 1 aromatic rings. The van der Waals surface area contributed by atoms with Gasteiger partial charge in [0, 0.05) is 19.8 Å². The molecule has 1 aromatic carbocycles. The number of aliphatic carboxylic acids is 2. The first kappa shape index (κ1) is 21.7. The Balaban J connectivity index is 2.81. The zero-order valence-electron chi connectivity index (χ0n) is 14.9. The van der Waals surface area contributed by atoms with E-state index in [4.69, 9.17) is 5.11 Å². The predicted molar refractivity (Wildman–Crippen MR) is 92.1 cm³/mol. The Kier molecular flexibility index (Phi) is 7.15. The lowest BCUT2D eigenvalue weighted by Crippen LogP contribution is -2.54. The third kappa shape index (κ3) is 6.49. The van der Waals surface area contributed by atoms with Gasteiger partial charge in [-0.25, -0.2) is 9.59 Å². The van der Waals surface area contributed by atoms with Gasteiger partial charge in [0.25, 0.3) is 0 Å². The molecule has 0 aliphatic rings. The highest BCUT2D eigenvalue weighted by Gasteiger charge is 2.35. The Morgan fingerprint density at radius 1 is 1.11 bits per heavy atom. The maximum Gasteiger partial charge on any atom is 0.329 e. The van der Waals surface area contributed by atoms with E-state index in [2.05, 4.69) is 10.6 Å². The third-order valence-electron chi connectivity index (χ3n) is 3.82. The Bertz CT molecular complexity index is 748. The van der Waals surface area contributed by atoms with Gasteiger partial charge in [-0.3, -0.25) is 9.59 Å². The topological polar surface area (TPSA) is 173 Å². The molecule has 0 radical (unpaired) electrons. The molecule has 10 heteroatoms. The van der Waals surface area contributed by atoms with Crippen molar-refractivity contribution in [1.82, 2.24) is 10.6 Å². The summed E-state index contributed by atoms with van der Waals surface area (Å²) in [6, 6.07) is 2.51. The van der Waals surface area contributed by atoms with E-state index in [0.29, 0.717) is 5.56 Å². The number of phenolic OH excluding ortho intramolecular Hbond substituents is 2. The predicted octanol–water partition coefficient (Wildman–Crippen LogP) is -0.0307. The van der Waals surface area contributed by atoms with Gasteiger partial charge in [-0.05, 0) is 31.0 Å². The van der Waals surface area contributed by atoms with Crippen molar-refractivity contribution in [3.63, 3.8) is 0 Å². The van der Waals surface area contributed by atoms with Crippen LogP contribution in [0.15, 0.2) is 18.2 Å². The van der Waals surface area contributed by atoms with Crippen LogP contribution in [0.5, 0.6) is 11.5 Å². The molecule has 6 N–H and O–H groups in total. The number of aromatic hydroxyl groups is 2. The summed E-state index contributed by atoms with van der Waals surface area (Å²) >= 11 is 0. The van der Waals surface area contributed by atoms with Crippen LogP contribution in [-0.2, 0) is 25.6 Å². The van der Waals surface area contributed by atoms with Crippen molar-refractivity contribution in [1.29, 1.82) is 0 Å². The second-order valence-corrected chi connectivity index (χ2v) is 6.32. The molecule has 0 spiro atoms. The van der Waals surface area contributed by atoms with Crippen LogP contribution < -0.4 is 10.6 Å². The zero-order chi connectivity index (χ0) is 20.8. The van der Waals surface area contributed by atoms with Crippen molar-refractivity contribution in [2.45, 2.75) is 44.7 Å². The molecular weight excluding hydrogens is 360 g/mol. The van der Waals surface area contributed by atoms with Crippen molar-refractivity contribution in [3.05, 3.63) is 23.8 Å². The van der Waals surface area contributed by atoms with E-state index >= 15 is 0 Å². The molecule has 0 aliphatic carbocycles. The molecule has 0 bridgehead atoms. The molecular formula is C17H22N2O8. The van der Waals surface area contributed by atoms with Crippen molar-refractivity contribution < 1.29 is 39.6 Å². The molecule has 0 aromatic heterocycles. The summed E-state index contributed by atoms with van der Waals surface area (Å²) in [4.78, 5) is 45.8. The number of nitrogens with one attached hydrogen (secondary N) is 2. The second kappa shape index (κ2) is 8.88. The molecule has 1 rings (SSSR count). The standard InChI is InChI=1S/C17H22N2O8/c1-9(20)18-11(15(24)25)4-6-14(23)19-17(2,16(26)27)8-10-3-5-12(21)13(22)7-10/h3,5,7,11,21-22H,4,6,8H2,1-2H3,(H,18,20)(H,19,23)(H,24,25)(H,26,27)/t11?,17-/m0/s1. The van der Waals surface area contributed by atoms with Gasteiger partial charge in [0.2, 0.25) is 11.8 Å². The van der Waals surface area contributed by atoms with Crippen molar-refractivity contribution >= 4 is 23.8 Å². The van der Waals surface area contributed by atoms with Gasteiger partial charge in [-0.1, -0.05) is 6.07 Å². The first-order valence-corrected chi connectivity index (χ1v) is 8.00. The molecule has 0 saturated heterocycles. The smallest absolute Gasteiger partial charge is 0.329 e. The summed E-state index contributed by atoms with van der Waals surface area (Å²) in [5, 5.41) is 41.8. The minimum Gasteiger partial charge on any atom is -0.504 e. The van der Waals surface area contributed by atoms with Crippen LogP contribution in [0.2, 0.25) is 0 Å². The molecule has 2 amide bonds. The summed E-state index contributed by atoms with van der Waals surface area (Å²) in [7, 11) is 0. The van der Waals surface area contributed by atoms with Crippen molar-refractivity contribution in [2.75, 3.05) is 0 Å². The average Bonchev–Trinajstić information content (AvgIpc) is 2.54. The van der Waals surface area contributed by atoms with E-state index in [-0.39, 0.29) is 25.0 Å². The van der Waals surface area contributed by atoms with Gasteiger partial charge in [-0.15, -0.1) is 0 Å². The minimum absolute atomic E-state index is 0.185. The molecule has 0 fully saturated rings. The quantitative estimate of drug-likeness (QED) is 0.323. The first-order chi connectivity index (χ1) is 12.4. The fraction of sp³-hybridized carbons (Fsp3) is 0.412. The van der Waals surface area contributed by atoms with E-state index in [0.717, 1.165) is 6.92 Å². The number of carbonyl (C=O) groups is 4. The lowest BCUT2D eigenvalue weighted by molar-refractivity contribution is -0.147. The molecule has 148 valence electrons. The monoisotopic (exact) mass is 382 g/mol. The normalized spacial score (nSPS) is 13.9. The van der Waals surface area contributed by atoms with Crippen LogP contribution in [0.3, 0.4) is 0 Å². The van der Waals surface area contributed by atoms with Crippen LogP contribution in [0, 0.1) is 0 Å². The fourth-order valence-corrected chi connectivity index (χ4v) is 2.41. The highest BCUT2D eigenvalue weighted by Crippen LogP contribution is 2.27. The fourth-order valence-electron chi connectivity index (χ4n) is 2.41. The molecule has 0 aliphatic heterocycles. The number of carboxylic acids is 2. The molecule has 0 saturated carbocycles.